The fourth-order valence-corrected chi connectivity index (χ4v) is 2.78. The molecule has 0 saturated carbocycles. The number of aromatic nitrogens is 1. The lowest BCUT2D eigenvalue weighted by atomic mass is 10.1. The maximum Gasteiger partial charge on any atom is 0.271 e. The van der Waals surface area contributed by atoms with Crippen LogP contribution in [0.25, 0.3) is 0 Å². The Kier molecular flexibility index (Phi) is 8.89. The first-order valence-corrected chi connectivity index (χ1v) is 9.05. The molecule has 1 amide bonds. The second-order valence-electron chi connectivity index (χ2n) is 6.13. The predicted octanol–water partition coefficient (Wildman–Crippen LogP) is 3.94. The lowest BCUT2D eigenvalue weighted by Gasteiger charge is -2.14. The van der Waals surface area contributed by atoms with E-state index in [1.165, 1.54) is 11.3 Å². The summed E-state index contributed by atoms with van der Waals surface area (Å²) in [6, 6.07) is 7.72. The van der Waals surface area contributed by atoms with Gasteiger partial charge >= 0.3 is 0 Å². The van der Waals surface area contributed by atoms with Gasteiger partial charge in [-0.15, -0.1) is 23.7 Å². The Labute approximate surface area is 159 Å². The number of benzene rings is 1. The third kappa shape index (κ3) is 6.65. The number of hydrogen-bond acceptors (Lipinski definition) is 5. The summed E-state index contributed by atoms with van der Waals surface area (Å²) in [7, 11) is 0. The van der Waals surface area contributed by atoms with Gasteiger partial charge in [-0.1, -0.05) is 26.0 Å². The van der Waals surface area contributed by atoms with Crippen molar-refractivity contribution in [1.82, 2.24) is 10.3 Å². The van der Waals surface area contributed by atoms with Gasteiger partial charge < -0.3 is 15.8 Å². The fourth-order valence-electron chi connectivity index (χ4n) is 2.13. The molecule has 2 aromatic rings. The molecule has 1 heterocycles. The summed E-state index contributed by atoms with van der Waals surface area (Å²) in [6.45, 7) is 7.37. The summed E-state index contributed by atoms with van der Waals surface area (Å²) in [6.07, 6.45) is 1.03. The normalized spacial score (nSPS) is 11.7. The van der Waals surface area contributed by atoms with Crippen LogP contribution in [0, 0.1) is 5.92 Å². The van der Waals surface area contributed by atoms with Crippen LogP contribution < -0.4 is 15.8 Å². The minimum Gasteiger partial charge on any atom is -0.494 e. The van der Waals surface area contributed by atoms with Crippen LogP contribution in [-0.2, 0) is 6.54 Å². The molecule has 1 atom stereocenters. The standard InChI is InChI=1S/C18H25N3O2S.ClH/c1-12(2)8-9-23-15-6-4-14(5-7-15)13(3)20-18(22)16-11-24-17(10-19)21-16;/h4-7,11-13H,8-10,19H2,1-3H3,(H,20,22);1H. The zero-order valence-corrected chi connectivity index (χ0v) is 16.5. The molecule has 5 nitrogen and oxygen atoms in total. The number of amides is 1. The molecule has 0 saturated heterocycles. The van der Waals surface area contributed by atoms with Crippen molar-refractivity contribution in [3.8, 4) is 5.75 Å². The van der Waals surface area contributed by atoms with Crippen molar-refractivity contribution in [2.24, 2.45) is 11.7 Å². The van der Waals surface area contributed by atoms with E-state index in [0.717, 1.165) is 29.3 Å². The minimum atomic E-state index is -0.185. The molecule has 7 heteroatoms. The van der Waals surface area contributed by atoms with Gasteiger partial charge in [0, 0.05) is 11.9 Å². The lowest BCUT2D eigenvalue weighted by molar-refractivity contribution is 0.0935. The Bertz CT molecular complexity index is 659. The Balaban J connectivity index is 0.00000312. The summed E-state index contributed by atoms with van der Waals surface area (Å²) in [5.74, 6) is 1.30. The molecular formula is C18H26ClN3O2S. The van der Waals surface area contributed by atoms with Crippen LogP contribution >= 0.6 is 23.7 Å². The van der Waals surface area contributed by atoms with Crippen molar-refractivity contribution in [2.45, 2.75) is 39.8 Å². The van der Waals surface area contributed by atoms with Crippen LogP contribution in [0.4, 0.5) is 0 Å². The first-order chi connectivity index (χ1) is 11.5. The van der Waals surface area contributed by atoms with E-state index in [1.54, 1.807) is 5.38 Å². The first kappa shape index (κ1) is 21.4. The molecular weight excluding hydrogens is 358 g/mol. The van der Waals surface area contributed by atoms with Crippen LogP contribution in [-0.4, -0.2) is 17.5 Å². The van der Waals surface area contributed by atoms with Gasteiger partial charge in [-0.3, -0.25) is 4.79 Å². The zero-order valence-electron chi connectivity index (χ0n) is 14.8. The van der Waals surface area contributed by atoms with Gasteiger partial charge in [0.2, 0.25) is 0 Å². The molecule has 3 N–H and O–H groups in total. The molecule has 1 aromatic heterocycles. The third-order valence-electron chi connectivity index (χ3n) is 3.65. The minimum absolute atomic E-state index is 0. The Morgan fingerprint density at radius 2 is 1.96 bits per heavy atom. The summed E-state index contributed by atoms with van der Waals surface area (Å²) in [5, 5.41) is 5.44. The quantitative estimate of drug-likeness (QED) is 0.723. The lowest BCUT2D eigenvalue weighted by Crippen LogP contribution is -2.27. The predicted molar refractivity (Wildman–Crippen MR) is 105 cm³/mol. The van der Waals surface area contributed by atoms with Gasteiger partial charge in [0.15, 0.2) is 0 Å². The second-order valence-corrected chi connectivity index (χ2v) is 7.07. The van der Waals surface area contributed by atoms with E-state index >= 15 is 0 Å². The van der Waals surface area contributed by atoms with E-state index in [-0.39, 0.29) is 24.4 Å². The van der Waals surface area contributed by atoms with Crippen molar-refractivity contribution in [1.29, 1.82) is 0 Å². The Hall–Kier alpha value is -1.63. The van der Waals surface area contributed by atoms with E-state index in [2.05, 4.69) is 24.1 Å². The number of nitrogens with one attached hydrogen (secondary N) is 1. The molecule has 0 spiro atoms. The van der Waals surface area contributed by atoms with Crippen LogP contribution in [0.1, 0.15) is 54.3 Å². The molecule has 0 bridgehead atoms. The Morgan fingerprint density at radius 1 is 1.28 bits per heavy atom. The van der Waals surface area contributed by atoms with E-state index in [1.807, 2.05) is 31.2 Å². The molecule has 0 aliphatic rings. The van der Waals surface area contributed by atoms with Crippen molar-refractivity contribution in [2.75, 3.05) is 6.61 Å². The second kappa shape index (κ2) is 10.4. The van der Waals surface area contributed by atoms with Crippen molar-refractivity contribution < 1.29 is 9.53 Å². The number of nitrogens with two attached hydrogens (primary N) is 1. The van der Waals surface area contributed by atoms with Gasteiger partial charge in [-0.05, 0) is 37.0 Å². The van der Waals surface area contributed by atoms with E-state index in [0.29, 0.717) is 18.2 Å². The van der Waals surface area contributed by atoms with Crippen LogP contribution in [0.2, 0.25) is 0 Å². The molecule has 0 aliphatic carbocycles. The summed E-state index contributed by atoms with van der Waals surface area (Å²) < 4.78 is 5.71. The number of halogens is 1. The van der Waals surface area contributed by atoms with E-state index in [4.69, 9.17) is 10.5 Å². The highest BCUT2D eigenvalue weighted by atomic mass is 35.5. The SMILES string of the molecule is CC(C)CCOc1ccc(C(C)NC(=O)c2csc(CN)n2)cc1.Cl. The van der Waals surface area contributed by atoms with Crippen LogP contribution in [0.5, 0.6) is 5.75 Å². The van der Waals surface area contributed by atoms with Crippen LogP contribution in [0.3, 0.4) is 0 Å². The summed E-state index contributed by atoms with van der Waals surface area (Å²) in [4.78, 5) is 16.4. The van der Waals surface area contributed by atoms with Gasteiger partial charge in [0.25, 0.3) is 5.91 Å². The number of nitrogens with zero attached hydrogens (tertiary/aromatic N) is 1. The van der Waals surface area contributed by atoms with Gasteiger partial charge in [0.1, 0.15) is 16.5 Å². The fraction of sp³-hybridized carbons (Fsp3) is 0.444. The van der Waals surface area contributed by atoms with E-state index in [9.17, 15) is 4.79 Å². The molecule has 1 aromatic carbocycles. The highest BCUT2D eigenvalue weighted by molar-refractivity contribution is 7.09. The average molecular weight is 384 g/mol. The first-order valence-electron chi connectivity index (χ1n) is 8.17. The molecule has 1 unspecified atom stereocenters. The smallest absolute Gasteiger partial charge is 0.271 e. The Morgan fingerprint density at radius 3 is 2.52 bits per heavy atom. The average Bonchev–Trinajstić information content (AvgIpc) is 3.04. The van der Waals surface area contributed by atoms with Gasteiger partial charge in [0.05, 0.1) is 12.6 Å². The maximum atomic E-state index is 12.2. The van der Waals surface area contributed by atoms with E-state index < -0.39 is 0 Å². The highest BCUT2D eigenvalue weighted by Crippen LogP contribution is 2.19. The number of carbonyl (C=O) groups is 1. The third-order valence-corrected chi connectivity index (χ3v) is 4.52. The molecule has 138 valence electrons. The number of ether oxygens (including phenoxy) is 1. The van der Waals surface area contributed by atoms with Gasteiger partial charge in [-0.25, -0.2) is 4.98 Å². The number of carbonyl (C=O) groups excluding carboxylic acids is 1. The monoisotopic (exact) mass is 383 g/mol. The number of hydrogen-bond donors (Lipinski definition) is 2. The van der Waals surface area contributed by atoms with Crippen molar-refractivity contribution in [3.05, 3.63) is 45.9 Å². The molecule has 0 radical (unpaired) electrons. The molecule has 25 heavy (non-hydrogen) atoms. The van der Waals surface area contributed by atoms with Crippen molar-refractivity contribution in [3.63, 3.8) is 0 Å². The molecule has 2 rings (SSSR count). The largest absolute Gasteiger partial charge is 0.494 e. The topological polar surface area (TPSA) is 77.2 Å². The molecule has 0 fully saturated rings. The number of rotatable bonds is 8. The summed E-state index contributed by atoms with van der Waals surface area (Å²) in [5.41, 5.74) is 6.96. The number of thiazole rings is 1. The molecule has 0 aliphatic heterocycles. The van der Waals surface area contributed by atoms with Crippen LogP contribution in [0.15, 0.2) is 29.6 Å². The summed E-state index contributed by atoms with van der Waals surface area (Å²) >= 11 is 1.40. The maximum absolute atomic E-state index is 12.2. The highest BCUT2D eigenvalue weighted by Gasteiger charge is 2.14. The van der Waals surface area contributed by atoms with Gasteiger partial charge in [-0.2, -0.15) is 0 Å². The van der Waals surface area contributed by atoms with Crippen molar-refractivity contribution >= 4 is 29.7 Å². The zero-order chi connectivity index (χ0) is 17.5.